The molecule has 1 aliphatic rings. The number of halogens is 1. The van der Waals surface area contributed by atoms with Crippen LogP contribution >= 0.6 is 0 Å². The first kappa shape index (κ1) is 13.5. The zero-order chi connectivity index (χ0) is 13.0. The molecule has 1 saturated heterocycles. The minimum absolute atomic E-state index is 0.0870. The van der Waals surface area contributed by atoms with Gasteiger partial charge < -0.3 is 10.2 Å². The summed E-state index contributed by atoms with van der Waals surface area (Å²) in [7, 11) is 2.18. The van der Waals surface area contributed by atoms with Gasteiger partial charge in [-0.1, -0.05) is 18.2 Å². The van der Waals surface area contributed by atoms with Crippen molar-refractivity contribution in [3.63, 3.8) is 0 Å². The molecule has 0 aliphatic carbocycles. The van der Waals surface area contributed by atoms with E-state index in [9.17, 15) is 4.39 Å². The van der Waals surface area contributed by atoms with Crippen molar-refractivity contribution in [2.24, 2.45) is 0 Å². The first-order chi connectivity index (χ1) is 8.66. The Morgan fingerprint density at radius 3 is 2.89 bits per heavy atom. The lowest BCUT2D eigenvalue weighted by atomic mass is 9.99. The van der Waals surface area contributed by atoms with Crippen molar-refractivity contribution in [1.29, 1.82) is 0 Å². The maximum absolute atomic E-state index is 13.4. The van der Waals surface area contributed by atoms with Crippen LogP contribution in [0.4, 0.5) is 4.39 Å². The predicted octanol–water partition coefficient (Wildman–Crippen LogP) is 2.44. The van der Waals surface area contributed by atoms with Gasteiger partial charge >= 0.3 is 0 Å². The van der Waals surface area contributed by atoms with Crippen LogP contribution in [0, 0.1) is 5.82 Å². The van der Waals surface area contributed by atoms with E-state index in [4.69, 9.17) is 0 Å². The van der Waals surface area contributed by atoms with Crippen molar-refractivity contribution in [3.8, 4) is 0 Å². The van der Waals surface area contributed by atoms with Crippen LogP contribution in [0.1, 0.15) is 25.3 Å². The summed E-state index contributed by atoms with van der Waals surface area (Å²) < 4.78 is 13.4. The number of likely N-dealkylation sites (tertiary alicyclic amines) is 1. The molecule has 2 nitrogen and oxygen atoms in total. The number of hydrogen-bond donors (Lipinski definition) is 1. The lowest BCUT2D eigenvalue weighted by Gasteiger charge is -2.35. The Hall–Kier alpha value is -0.930. The Morgan fingerprint density at radius 2 is 2.17 bits per heavy atom. The van der Waals surface area contributed by atoms with E-state index in [0.29, 0.717) is 12.1 Å². The van der Waals surface area contributed by atoms with Gasteiger partial charge in [-0.25, -0.2) is 4.39 Å². The molecule has 3 heteroatoms. The van der Waals surface area contributed by atoms with E-state index in [0.717, 1.165) is 25.1 Å². The van der Waals surface area contributed by atoms with Crippen LogP contribution in [0.3, 0.4) is 0 Å². The first-order valence-corrected chi connectivity index (χ1v) is 6.84. The summed E-state index contributed by atoms with van der Waals surface area (Å²) in [5.41, 5.74) is 0.811. The van der Waals surface area contributed by atoms with Gasteiger partial charge in [-0.2, -0.15) is 0 Å². The molecule has 1 heterocycles. The second-order valence-corrected chi connectivity index (χ2v) is 5.35. The van der Waals surface area contributed by atoms with Crippen LogP contribution in [0.25, 0.3) is 0 Å². The smallest absolute Gasteiger partial charge is 0.126 e. The van der Waals surface area contributed by atoms with Crippen LogP contribution in [0.15, 0.2) is 24.3 Å². The topological polar surface area (TPSA) is 15.3 Å². The minimum Gasteiger partial charge on any atom is -0.314 e. The van der Waals surface area contributed by atoms with Gasteiger partial charge in [0.1, 0.15) is 5.82 Å². The van der Waals surface area contributed by atoms with Gasteiger partial charge in [0.2, 0.25) is 0 Å². The zero-order valence-electron chi connectivity index (χ0n) is 11.3. The average molecular weight is 250 g/mol. The van der Waals surface area contributed by atoms with E-state index in [1.165, 1.54) is 18.9 Å². The molecule has 0 spiro atoms. The second kappa shape index (κ2) is 6.30. The maximum Gasteiger partial charge on any atom is 0.126 e. The van der Waals surface area contributed by atoms with Crippen LogP contribution in [-0.2, 0) is 6.42 Å². The average Bonchev–Trinajstić information content (AvgIpc) is 2.36. The maximum atomic E-state index is 13.4. The van der Waals surface area contributed by atoms with Crippen LogP contribution < -0.4 is 5.32 Å². The van der Waals surface area contributed by atoms with E-state index in [1.54, 1.807) is 6.07 Å². The van der Waals surface area contributed by atoms with E-state index in [-0.39, 0.29) is 5.82 Å². The normalized spacial score (nSPS) is 25.3. The molecule has 0 saturated carbocycles. The SMILES string of the molecule is CC1CC(NCCc2ccccc2F)CCN1C. The van der Waals surface area contributed by atoms with Gasteiger partial charge in [-0.05, 0) is 58.0 Å². The highest BCUT2D eigenvalue weighted by atomic mass is 19.1. The van der Waals surface area contributed by atoms with Crippen molar-refractivity contribution >= 4 is 0 Å². The van der Waals surface area contributed by atoms with Gasteiger partial charge in [0.25, 0.3) is 0 Å². The molecule has 0 amide bonds. The molecular weight excluding hydrogens is 227 g/mol. The minimum atomic E-state index is -0.0870. The van der Waals surface area contributed by atoms with E-state index < -0.39 is 0 Å². The molecule has 2 atom stereocenters. The van der Waals surface area contributed by atoms with Crippen molar-refractivity contribution in [1.82, 2.24) is 10.2 Å². The predicted molar refractivity (Wildman–Crippen MR) is 73.2 cm³/mol. The number of rotatable bonds is 4. The summed E-state index contributed by atoms with van der Waals surface area (Å²) in [6, 6.07) is 8.27. The van der Waals surface area contributed by atoms with Gasteiger partial charge in [0.05, 0.1) is 0 Å². The summed E-state index contributed by atoms with van der Waals surface area (Å²) >= 11 is 0. The molecule has 2 unspecified atom stereocenters. The standard InChI is InChI=1S/C15H23FN2/c1-12-11-14(8-10-18(12)2)17-9-7-13-5-3-4-6-15(13)16/h3-6,12,14,17H,7-11H2,1-2H3. The van der Waals surface area contributed by atoms with Crippen LogP contribution in [-0.4, -0.2) is 37.1 Å². The highest BCUT2D eigenvalue weighted by Crippen LogP contribution is 2.15. The Kier molecular flexibility index (Phi) is 4.72. The van der Waals surface area contributed by atoms with Crippen molar-refractivity contribution in [2.45, 2.75) is 38.3 Å². The highest BCUT2D eigenvalue weighted by molar-refractivity contribution is 5.17. The third-order valence-corrected chi connectivity index (χ3v) is 3.99. The van der Waals surface area contributed by atoms with Crippen LogP contribution in [0.2, 0.25) is 0 Å². The summed E-state index contributed by atoms with van der Waals surface area (Å²) in [6.45, 7) is 4.28. The van der Waals surface area contributed by atoms with Gasteiger partial charge in [0.15, 0.2) is 0 Å². The summed E-state index contributed by atoms with van der Waals surface area (Å²) in [5, 5.41) is 3.55. The number of hydrogen-bond acceptors (Lipinski definition) is 2. The lowest BCUT2D eigenvalue weighted by Crippen LogP contribution is -2.46. The third kappa shape index (κ3) is 3.53. The summed E-state index contributed by atoms with van der Waals surface area (Å²) in [5.74, 6) is -0.0870. The molecule has 1 fully saturated rings. The molecule has 0 aromatic heterocycles. The fourth-order valence-corrected chi connectivity index (χ4v) is 2.59. The summed E-state index contributed by atoms with van der Waals surface area (Å²) in [6.07, 6.45) is 3.15. The van der Waals surface area contributed by atoms with Crippen molar-refractivity contribution < 1.29 is 4.39 Å². The molecule has 0 radical (unpaired) electrons. The van der Waals surface area contributed by atoms with Gasteiger partial charge in [-0.15, -0.1) is 0 Å². The Labute approximate surface area is 109 Å². The Balaban J connectivity index is 1.74. The Morgan fingerprint density at radius 1 is 1.39 bits per heavy atom. The van der Waals surface area contributed by atoms with Crippen molar-refractivity contribution in [3.05, 3.63) is 35.6 Å². The molecule has 1 N–H and O–H groups in total. The molecule has 18 heavy (non-hydrogen) atoms. The quantitative estimate of drug-likeness (QED) is 0.883. The number of benzene rings is 1. The van der Waals surface area contributed by atoms with E-state index in [1.807, 2.05) is 12.1 Å². The van der Waals surface area contributed by atoms with E-state index in [2.05, 4.69) is 24.2 Å². The summed E-state index contributed by atoms with van der Waals surface area (Å²) in [4.78, 5) is 2.40. The molecule has 1 aliphatic heterocycles. The van der Waals surface area contributed by atoms with Gasteiger partial charge in [-0.3, -0.25) is 0 Å². The fraction of sp³-hybridized carbons (Fsp3) is 0.600. The number of nitrogens with one attached hydrogen (secondary N) is 1. The molecular formula is C15H23FN2. The Bertz CT molecular complexity index is 381. The third-order valence-electron chi connectivity index (χ3n) is 3.99. The zero-order valence-corrected chi connectivity index (χ0v) is 11.3. The first-order valence-electron chi connectivity index (χ1n) is 6.84. The fourth-order valence-electron chi connectivity index (χ4n) is 2.59. The largest absolute Gasteiger partial charge is 0.314 e. The van der Waals surface area contributed by atoms with E-state index >= 15 is 0 Å². The van der Waals surface area contributed by atoms with Gasteiger partial charge in [0, 0.05) is 12.1 Å². The molecule has 1 aromatic rings. The molecule has 0 bridgehead atoms. The monoisotopic (exact) mass is 250 g/mol. The van der Waals surface area contributed by atoms with Crippen molar-refractivity contribution in [2.75, 3.05) is 20.1 Å². The molecule has 100 valence electrons. The highest BCUT2D eigenvalue weighted by Gasteiger charge is 2.21. The number of piperidine rings is 1. The molecule has 1 aromatic carbocycles. The molecule has 2 rings (SSSR count). The number of nitrogens with zero attached hydrogens (tertiary/aromatic N) is 1. The van der Waals surface area contributed by atoms with Crippen LogP contribution in [0.5, 0.6) is 0 Å². The second-order valence-electron chi connectivity index (χ2n) is 5.35. The lowest BCUT2D eigenvalue weighted by molar-refractivity contribution is 0.169.